The zero-order chi connectivity index (χ0) is 20.3. The van der Waals surface area contributed by atoms with Gasteiger partial charge in [-0.1, -0.05) is 11.6 Å². The van der Waals surface area contributed by atoms with Crippen molar-refractivity contribution < 1.29 is 13.2 Å². The average Bonchev–Trinajstić information content (AvgIpc) is 3.18. The van der Waals surface area contributed by atoms with Gasteiger partial charge in [0.2, 0.25) is 0 Å². The highest BCUT2D eigenvalue weighted by Gasteiger charge is 2.17. The molecule has 1 heterocycles. The van der Waals surface area contributed by atoms with Crippen LogP contribution in [-0.2, 0) is 16.6 Å². The molecule has 0 unspecified atom stereocenters. The van der Waals surface area contributed by atoms with E-state index in [1.54, 1.807) is 55.6 Å². The number of sulfonamides is 1. The van der Waals surface area contributed by atoms with Crippen molar-refractivity contribution in [2.24, 2.45) is 0 Å². The summed E-state index contributed by atoms with van der Waals surface area (Å²) in [6, 6.07) is 13.1. The number of aromatic nitrogens is 2. The van der Waals surface area contributed by atoms with Crippen LogP contribution in [0.25, 0.3) is 0 Å². The van der Waals surface area contributed by atoms with Gasteiger partial charge in [-0.3, -0.25) is 14.2 Å². The third-order valence-corrected chi connectivity index (χ3v) is 5.73. The molecule has 0 bridgehead atoms. The van der Waals surface area contributed by atoms with E-state index in [2.05, 4.69) is 9.82 Å². The monoisotopic (exact) mass is 418 g/mol. The molecule has 0 atom stereocenters. The van der Waals surface area contributed by atoms with Crippen LogP contribution < -0.4 is 9.62 Å². The van der Waals surface area contributed by atoms with Crippen molar-refractivity contribution in [3.63, 3.8) is 0 Å². The van der Waals surface area contributed by atoms with E-state index in [1.165, 1.54) is 22.0 Å². The van der Waals surface area contributed by atoms with E-state index in [0.717, 1.165) is 0 Å². The number of hydrogen-bond donors (Lipinski definition) is 1. The molecule has 0 fully saturated rings. The Kier molecular flexibility index (Phi) is 5.71. The van der Waals surface area contributed by atoms with E-state index in [1.807, 2.05) is 6.92 Å². The number of aryl methyl sites for hydroxylation is 1. The fourth-order valence-electron chi connectivity index (χ4n) is 2.53. The van der Waals surface area contributed by atoms with Crippen molar-refractivity contribution in [2.45, 2.75) is 18.4 Å². The van der Waals surface area contributed by atoms with Crippen LogP contribution in [0.3, 0.4) is 0 Å². The lowest BCUT2D eigenvalue weighted by Gasteiger charge is -2.18. The number of nitrogens with one attached hydrogen (secondary N) is 1. The molecule has 28 heavy (non-hydrogen) atoms. The number of hydrogen-bond acceptors (Lipinski definition) is 4. The summed E-state index contributed by atoms with van der Waals surface area (Å²) >= 11 is 5.85. The summed E-state index contributed by atoms with van der Waals surface area (Å²) in [6.07, 6.45) is 2.77. The second-order valence-corrected chi connectivity index (χ2v) is 8.17. The Bertz CT molecular complexity index is 1080. The van der Waals surface area contributed by atoms with Crippen molar-refractivity contribution in [3.05, 3.63) is 71.5 Å². The molecule has 146 valence electrons. The predicted octanol–water partition coefficient (Wildman–Crippen LogP) is 3.63. The Morgan fingerprint density at radius 1 is 1.14 bits per heavy atom. The first-order valence-electron chi connectivity index (χ1n) is 8.49. The smallest absolute Gasteiger partial charge is 0.265 e. The molecule has 9 heteroatoms. The summed E-state index contributed by atoms with van der Waals surface area (Å²) < 4.78 is 28.9. The summed E-state index contributed by atoms with van der Waals surface area (Å²) in [6.45, 7) is 2.45. The lowest BCUT2D eigenvalue weighted by atomic mass is 10.2. The fraction of sp³-hybridized carbons (Fsp3) is 0.158. The molecule has 2 aromatic carbocycles. The van der Waals surface area contributed by atoms with E-state index >= 15 is 0 Å². The summed E-state index contributed by atoms with van der Waals surface area (Å²) in [7, 11) is -2.08. The van der Waals surface area contributed by atoms with Crippen LogP contribution in [0, 0.1) is 0 Å². The van der Waals surface area contributed by atoms with Crippen molar-refractivity contribution >= 4 is 38.9 Å². The second kappa shape index (κ2) is 8.04. The number of carbonyl (C=O) groups excluding carboxylic acids is 1. The minimum absolute atomic E-state index is 0.0912. The Hall–Kier alpha value is -2.84. The van der Waals surface area contributed by atoms with Gasteiger partial charge in [-0.25, -0.2) is 8.42 Å². The van der Waals surface area contributed by atoms with E-state index in [4.69, 9.17) is 11.6 Å². The van der Waals surface area contributed by atoms with E-state index < -0.39 is 10.0 Å². The van der Waals surface area contributed by atoms with Crippen LogP contribution in [0.2, 0.25) is 5.02 Å². The Morgan fingerprint density at radius 2 is 1.79 bits per heavy atom. The van der Waals surface area contributed by atoms with Crippen LogP contribution in [0.4, 0.5) is 11.4 Å². The highest BCUT2D eigenvalue weighted by Crippen LogP contribution is 2.21. The van der Waals surface area contributed by atoms with Gasteiger partial charge >= 0.3 is 0 Å². The zero-order valence-electron chi connectivity index (χ0n) is 15.3. The number of benzene rings is 2. The number of carbonyl (C=O) groups is 1. The van der Waals surface area contributed by atoms with Gasteiger partial charge in [0.15, 0.2) is 0 Å². The minimum Gasteiger partial charge on any atom is -0.311 e. The zero-order valence-corrected chi connectivity index (χ0v) is 16.9. The van der Waals surface area contributed by atoms with Gasteiger partial charge in [0.05, 0.1) is 6.20 Å². The van der Waals surface area contributed by atoms with Crippen LogP contribution in [0.1, 0.15) is 17.3 Å². The van der Waals surface area contributed by atoms with Gasteiger partial charge in [-0.15, -0.1) is 0 Å². The summed E-state index contributed by atoms with van der Waals surface area (Å²) in [5.41, 5.74) is 1.52. The molecule has 0 aliphatic heterocycles. The SMILES string of the molecule is CCn1cc(S(=O)(=O)Nc2ccc(N(C)C(=O)c3ccc(Cl)cc3)cc2)cn1. The molecular weight excluding hydrogens is 400 g/mol. The van der Waals surface area contributed by atoms with E-state index in [9.17, 15) is 13.2 Å². The maximum absolute atomic E-state index is 12.5. The van der Waals surface area contributed by atoms with Gasteiger partial charge in [-0.05, 0) is 55.5 Å². The molecule has 0 aliphatic carbocycles. The van der Waals surface area contributed by atoms with Crippen molar-refractivity contribution in [1.29, 1.82) is 0 Å². The molecule has 3 rings (SSSR count). The minimum atomic E-state index is -3.73. The quantitative estimate of drug-likeness (QED) is 0.662. The third kappa shape index (κ3) is 4.35. The summed E-state index contributed by atoms with van der Waals surface area (Å²) in [5, 5.41) is 4.53. The summed E-state index contributed by atoms with van der Waals surface area (Å²) in [5.74, 6) is -0.197. The maximum Gasteiger partial charge on any atom is 0.265 e. The highest BCUT2D eigenvalue weighted by molar-refractivity contribution is 7.92. The summed E-state index contributed by atoms with van der Waals surface area (Å²) in [4.78, 5) is 14.1. The maximum atomic E-state index is 12.5. The molecule has 0 radical (unpaired) electrons. The molecule has 0 saturated heterocycles. The number of rotatable bonds is 6. The fourth-order valence-corrected chi connectivity index (χ4v) is 3.66. The first-order chi connectivity index (χ1) is 13.3. The first kappa shape index (κ1) is 19.9. The molecule has 1 N–H and O–H groups in total. The average molecular weight is 419 g/mol. The molecule has 1 aromatic heterocycles. The van der Waals surface area contributed by atoms with Crippen molar-refractivity contribution in [1.82, 2.24) is 9.78 Å². The number of nitrogens with zero attached hydrogens (tertiary/aromatic N) is 3. The Balaban J connectivity index is 1.73. The predicted molar refractivity (Wildman–Crippen MR) is 109 cm³/mol. The van der Waals surface area contributed by atoms with Crippen LogP contribution in [-0.4, -0.2) is 31.2 Å². The third-order valence-electron chi connectivity index (χ3n) is 4.15. The van der Waals surface area contributed by atoms with Gasteiger partial charge < -0.3 is 4.90 Å². The van der Waals surface area contributed by atoms with E-state index in [0.29, 0.717) is 28.5 Å². The highest BCUT2D eigenvalue weighted by atomic mass is 35.5. The van der Waals surface area contributed by atoms with Crippen LogP contribution in [0.15, 0.2) is 65.8 Å². The lowest BCUT2D eigenvalue weighted by molar-refractivity contribution is 0.0993. The standard InChI is InChI=1S/C19H19ClN4O3S/c1-3-24-13-18(12-21-24)28(26,27)22-16-8-10-17(11-9-16)23(2)19(25)14-4-6-15(20)7-5-14/h4-13,22H,3H2,1-2H3. The molecule has 1 amide bonds. The van der Waals surface area contributed by atoms with E-state index in [-0.39, 0.29) is 10.8 Å². The molecule has 0 aliphatic rings. The lowest BCUT2D eigenvalue weighted by Crippen LogP contribution is -2.26. The Labute approximate surface area is 168 Å². The van der Waals surface area contributed by atoms with Gasteiger partial charge in [-0.2, -0.15) is 5.10 Å². The van der Waals surface area contributed by atoms with Crippen molar-refractivity contribution in [2.75, 3.05) is 16.7 Å². The molecular formula is C19H19ClN4O3S. The number of anilines is 2. The van der Waals surface area contributed by atoms with Gasteiger partial charge in [0.1, 0.15) is 4.90 Å². The number of halogens is 1. The molecule has 3 aromatic rings. The largest absolute Gasteiger partial charge is 0.311 e. The van der Waals surface area contributed by atoms with Crippen LogP contribution >= 0.6 is 11.6 Å². The normalized spacial score (nSPS) is 11.2. The van der Waals surface area contributed by atoms with Gasteiger partial charge in [0, 0.05) is 41.8 Å². The first-order valence-corrected chi connectivity index (χ1v) is 10.4. The topological polar surface area (TPSA) is 84.3 Å². The van der Waals surface area contributed by atoms with Crippen molar-refractivity contribution in [3.8, 4) is 0 Å². The molecule has 0 saturated carbocycles. The van der Waals surface area contributed by atoms with Gasteiger partial charge in [0.25, 0.3) is 15.9 Å². The molecule has 7 nitrogen and oxygen atoms in total. The molecule has 0 spiro atoms. The number of amides is 1. The Morgan fingerprint density at radius 3 is 2.36 bits per heavy atom. The van der Waals surface area contributed by atoms with Crippen LogP contribution in [0.5, 0.6) is 0 Å². The second-order valence-electron chi connectivity index (χ2n) is 6.06.